The van der Waals surface area contributed by atoms with Crippen molar-refractivity contribution in [2.24, 2.45) is 5.92 Å². The first-order valence-electron chi connectivity index (χ1n) is 10.5. The van der Waals surface area contributed by atoms with Crippen molar-refractivity contribution in [3.63, 3.8) is 0 Å². The molecule has 0 spiro atoms. The summed E-state index contributed by atoms with van der Waals surface area (Å²) < 4.78 is 0. The molecule has 1 aliphatic rings. The van der Waals surface area contributed by atoms with E-state index in [-0.39, 0.29) is 17.9 Å². The summed E-state index contributed by atoms with van der Waals surface area (Å²) in [7, 11) is 0. The average Bonchev–Trinajstić information content (AvgIpc) is 3.64. The van der Waals surface area contributed by atoms with Gasteiger partial charge in [-0.1, -0.05) is 30.0 Å². The molecule has 2 heterocycles. The molecular weight excluding hydrogens is 386 g/mol. The molecule has 0 saturated heterocycles. The Morgan fingerprint density at radius 3 is 2.45 bits per heavy atom. The van der Waals surface area contributed by atoms with Gasteiger partial charge in [0.05, 0.1) is 5.56 Å². The number of pyridine rings is 1. The summed E-state index contributed by atoms with van der Waals surface area (Å²) in [4.78, 5) is 24.6. The number of anilines is 1. The molecule has 0 radical (unpaired) electrons. The fourth-order valence-electron chi connectivity index (χ4n) is 3.15. The highest BCUT2D eigenvalue weighted by Crippen LogP contribution is 2.28. The molecule has 3 aromatic rings. The number of amides is 1. The number of nitrogens with one attached hydrogen (secondary N) is 2. The van der Waals surface area contributed by atoms with Gasteiger partial charge in [-0.3, -0.25) is 9.78 Å². The Morgan fingerprint density at radius 1 is 1.03 bits per heavy atom. The predicted molar refractivity (Wildman–Crippen MR) is 120 cm³/mol. The smallest absolute Gasteiger partial charge is 0.223 e. The van der Waals surface area contributed by atoms with E-state index in [1.54, 1.807) is 18.6 Å². The normalized spacial score (nSPS) is 13.6. The Balaban J connectivity index is 1.28. The molecule has 1 unspecified atom stereocenters. The van der Waals surface area contributed by atoms with Crippen LogP contribution in [0.2, 0.25) is 0 Å². The van der Waals surface area contributed by atoms with E-state index in [4.69, 9.17) is 0 Å². The molecule has 2 aromatic heterocycles. The van der Waals surface area contributed by atoms with Crippen molar-refractivity contribution in [3.05, 3.63) is 83.4 Å². The highest BCUT2D eigenvalue weighted by Gasteiger charge is 2.30. The Hall–Kier alpha value is -3.72. The molecule has 2 N–H and O–H groups in total. The van der Waals surface area contributed by atoms with Crippen molar-refractivity contribution in [1.82, 2.24) is 20.3 Å². The second-order valence-corrected chi connectivity index (χ2v) is 7.85. The molecule has 0 bridgehead atoms. The summed E-state index contributed by atoms with van der Waals surface area (Å²) in [5, 5.41) is 6.25. The van der Waals surface area contributed by atoms with E-state index in [9.17, 15) is 4.79 Å². The van der Waals surface area contributed by atoms with Crippen LogP contribution in [0.4, 0.5) is 5.95 Å². The summed E-state index contributed by atoms with van der Waals surface area (Å²) in [6, 6.07) is 12.2. The lowest BCUT2D eigenvalue weighted by atomic mass is 10.0. The minimum atomic E-state index is 0.132. The van der Waals surface area contributed by atoms with E-state index in [1.165, 1.54) is 5.56 Å². The minimum absolute atomic E-state index is 0.132. The quantitative estimate of drug-likeness (QED) is 0.583. The van der Waals surface area contributed by atoms with E-state index < -0.39 is 0 Å². The molecule has 0 aliphatic heterocycles. The van der Waals surface area contributed by atoms with Crippen LogP contribution in [0.3, 0.4) is 0 Å². The van der Waals surface area contributed by atoms with Crippen molar-refractivity contribution >= 4 is 11.9 Å². The topological polar surface area (TPSA) is 79.8 Å². The predicted octanol–water partition coefficient (Wildman–Crippen LogP) is 3.34. The van der Waals surface area contributed by atoms with Gasteiger partial charge in [0.2, 0.25) is 11.9 Å². The fraction of sp³-hybridized carbons (Fsp3) is 0.280. The minimum Gasteiger partial charge on any atom is -0.353 e. The van der Waals surface area contributed by atoms with E-state index in [2.05, 4.69) is 49.6 Å². The summed E-state index contributed by atoms with van der Waals surface area (Å²) in [5.41, 5.74) is 3.93. The molecule has 6 heteroatoms. The first-order valence-corrected chi connectivity index (χ1v) is 10.5. The van der Waals surface area contributed by atoms with Gasteiger partial charge in [-0.25, -0.2) is 9.97 Å². The van der Waals surface area contributed by atoms with Gasteiger partial charge in [0.1, 0.15) is 0 Å². The molecule has 6 nitrogen and oxygen atoms in total. The van der Waals surface area contributed by atoms with Gasteiger partial charge < -0.3 is 10.6 Å². The summed E-state index contributed by atoms with van der Waals surface area (Å²) in [6.45, 7) is 2.66. The lowest BCUT2D eigenvalue weighted by Gasteiger charge is -2.13. The standard InChI is InChI=1S/C25H25N5O/c1-18(30-24(31)23-10-11-23)13-20-7-4-19(5-8-20)6-9-22-16-28-25(29-17-22)27-15-21-3-2-12-26-14-21/h2-5,7-8,12,14,16-18,23H,10-11,13,15H2,1H3,(H,30,31)(H,27,28,29). The van der Waals surface area contributed by atoms with Crippen LogP contribution in [0, 0.1) is 17.8 Å². The molecule has 156 valence electrons. The third kappa shape index (κ3) is 6.38. The number of benzene rings is 1. The van der Waals surface area contributed by atoms with Gasteiger partial charge >= 0.3 is 0 Å². The molecule has 31 heavy (non-hydrogen) atoms. The van der Waals surface area contributed by atoms with Crippen LogP contribution in [-0.4, -0.2) is 26.9 Å². The third-order valence-corrected chi connectivity index (χ3v) is 5.01. The average molecular weight is 412 g/mol. The van der Waals surface area contributed by atoms with Gasteiger partial charge in [-0.2, -0.15) is 0 Å². The van der Waals surface area contributed by atoms with Crippen LogP contribution in [0.25, 0.3) is 0 Å². The first kappa shape index (κ1) is 20.5. The van der Waals surface area contributed by atoms with Crippen LogP contribution in [0.15, 0.2) is 61.2 Å². The van der Waals surface area contributed by atoms with Crippen molar-refractivity contribution in [3.8, 4) is 11.8 Å². The Morgan fingerprint density at radius 2 is 1.77 bits per heavy atom. The maximum atomic E-state index is 11.9. The van der Waals surface area contributed by atoms with Crippen LogP contribution in [0.1, 0.15) is 42.0 Å². The number of aromatic nitrogens is 3. The van der Waals surface area contributed by atoms with E-state index in [1.807, 2.05) is 37.4 Å². The van der Waals surface area contributed by atoms with Crippen LogP contribution >= 0.6 is 0 Å². The van der Waals surface area contributed by atoms with Gasteiger partial charge in [-0.05, 0) is 55.5 Å². The summed E-state index contributed by atoms with van der Waals surface area (Å²) in [6.07, 6.45) is 9.85. The molecule has 1 aromatic carbocycles. The van der Waals surface area contributed by atoms with E-state index in [0.29, 0.717) is 12.5 Å². The highest BCUT2D eigenvalue weighted by molar-refractivity contribution is 5.81. The van der Waals surface area contributed by atoms with Crippen molar-refractivity contribution in [1.29, 1.82) is 0 Å². The lowest BCUT2D eigenvalue weighted by molar-refractivity contribution is -0.122. The number of hydrogen-bond acceptors (Lipinski definition) is 5. The van der Waals surface area contributed by atoms with Gasteiger partial charge in [0, 0.05) is 48.9 Å². The Kier molecular flexibility index (Phi) is 6.53. The number of carbonyl (C=O) groups excluding carboxylic acids is 1. The zero-order valence-corrected chi connectivity index (χ0v) is 17.5. The number of rotatable bonds is 7. The van der Waals surface area contributed by atoms with Crippen molar-refractivity contribution in [2.45, 2.75) is 38.8 Å². The second kappa shape index (κ2) is 9.86. The third-order valence-electron chi connectivity index (χ3n) is 5.01. The van der Waals surface area contributed by atoms with Crippen LogP contribution in [-0.2, 0) is 17.8 Å². The monoisotopic (exact) mass is 411 g/mol. The molecule has 4 rings (SSSR count). The molecule has 1 aliphatic carbocycles. The summed E-state index contributed by atoms with van der Waals surface area (Å²) in [5.74, 6) is 7.24. The number of hydrogen-bond donors (Lipinski definition) is 2. The largest absolute Gasteiger partial charge is 0.353 e. The van der Waals surface area contributed by atoms with Crippen LogP contribution < -0.4 is 10.6 Å². The molecule has 1 fully saturated rings. The molecule has 1 atom stereocenters. The second-order valence-electron chi connectivity index (χ2n) is 7.85. The SMILES string of the molecule is CC(Cc1ccc(C#Cc2cnc(NCc3cccnc3)nc2)cc1)NC(=O)C1CC1. The number of nitrogens with zero attached hydrogens (tertiary/aromatic N) is 3. The Bertz CT molecular complexity index is 1060. The van der Waals surface area contributed by atoms with Crippen LogP contribution in [0.5, 0.6) is 0 Å². The van der Waals surface area contributed by atoms with Crippen molar-refractivity contribution in [2.75, 3.05) is 5.32 Å². The first-order chi connectivity index (χ1) is 15.2. The van der Waals surface area contributed by atoms with Gasteiger partial charge in [0.25, 0.3) is 0 Å². The van der Waals surface area contributed by atoms with Gasteiger partial charge in [-0.15, -0.1) is 0 Å². The lowest BCUT2D eigenvalue weighted by Crippen LogP contribution is -2.35. The fourth-order valence-corrected chi connectivity index (χ4v) is 3.15. The zero-order valence-electron chi connectivity index (χ0n) is 17.5. The molecular formula is C25H25N5O. The molecule has 1 saturated carbocycles. The number of carbonyl (C=O) groups is 1. The maximum Gasteiger partial charge on any atom is 0.223 e. The highest BCUT2D eigenvalue weighted by atomic mass is 16.2. The maximum absolute atomic E-state index is 11.9. The summed E-state index contributed by atoms with van der Waals surface area (Å²) >= 11 is 0. The van der Waals surface area contributed by atoms with Crippen molar-refractivity contribution < 1.29 is 4.79 Å². The molecule has 1 amide bonds. The Labute approximate surface area is 182 Å². The van der Waals surface area contributed by atoms with Gasteiger partial charge in [0.15, 0.2) is 0 Å². The zero-order chi connectivity index (χ0) is 21.5. The van der Waals surface area contributed by atoms with E-state index >= 15 is 0 Å². The van der Waals surface area contributed by atoms with E-state index in [0.717, 1.165) is 36.0 Å².